The lowest BCUT2D eigenvalue weighted by Crippen LogP contribution is -3.30. The van der Waals surface area contributed by atoms with E-state index in [1.54, 1.807) is 6.07 Å². The highest BCUT2D eigenvalue weighted by Crippen LogP contribution is 2.22. The van der Waals surface area contributed by atoms with E-state index >= 15 is 0 Å². The molecule has 1 atom stereocenters. The zero-order valence-electron chi connectivity index (χ0n) is 16.3. The molecule has 2 saturated heterocycles. The van der Waals surface area contributed by atoms with E-state index in [-0.39, 0.29) is 24.3 Å². The minimum Gasteiger partial charge on any atom is -0.322 e. The maximum absolute atomic E-state index is 13.5. The fourth-order valence-corrected chi connectivity index (χ4v) is 4.24. The second kappa shape index (κ2) is 8.68. The molecule has 2 heterocycles. The van der Waals surface area contributed by atoms with Gasteiger partial charge in [0.1, 0.15) is 32.0 Å². The number of hydrogen-bond donors (Lipinski definition) is 2. The number of piperazine rings is 1. The van der Waals surface area contributed by atoms with Gasteiger partial charge in [-0.15, -0.1) is 0 Å². The van der Waals surface area contributed by atoms with Crippen molar-refractivity contribution in [2.45, 2.75) is 12.5 Å². The molecule has 0 saturated carbocycles. The lowest BCUT2D eigenvalue weighted by Gasteiger charge is -2.31. The highest BCUT2D eigenvalue weighted by Gasteiger charge is 2.46. The molecular formula is C23H26FN3O2+2. The number of quaternary nitrogens is 2. The van der Waals surface area contributed by atoms with Crippen molar-refractivity contribution in [3.8, 4) is 0 Å². The van der Waals surface area contributed by atoms with Crippen molar-refractivity contribution < 1.29 is 23.8 Å². The van der Waals surface area contributed by atoms with Gasteiger partial charge in [0, 0.05) is 0 Å². The molecule has 2 aliphatic rings. The van der Waals surface area contributed by atoms with E-state index in [4.69, 9.17) is 0 Å². The fraction of sp³-hybridized carbons (Fsp3) is 0.304. The first-order chi connectivity index (χ1) is 14.1. The van der Waals surface area contributed by atoms with Crippen molar-refractivity contribution in [3.63, 3.8) is 0 Å². The van der Waals surface area contributed by atoms with Crippen LogP contribution in [0.2, 0.25) is 0 Å². The molecule has 2 amide bonds. The summed E-state index contributed by atoms with van der Waals surface area (Å²) in [6.07, 6.45) is 4.54. The molecule has 0 unspecified atom stereocenters. The van der Waals surface area contributed by atoms with Gasteiger partial charge < -0.3 is 9.80 Å². The Balaban J connectivity index is 1.32. The van der Waals surface area contributed by atoms with E-state index in [9.17, 15) is 14.0 Å². The van der Waals surface area contributed by atoms with Crippen LogP contribution >= 0.6 is 0 Å². The number of nitrogens with zero attached hydrogens (tertiary/aromatic N) is 1. The molecule has 2 fully saturated rings. The summed E-state index contributed by atoms with van der Waals surface area (Å²) in [6, 6.07) is 15.6. The van der Waals surface area contributed by atoms with Gasteiger partial charge in [0.25, 0.3) is 5.91 Å². The number of carbonyl (C=O) groups excluding carboxylic acids is 2. The first-order valence-corrected chi connectivity index (χ1v) is 10.1. The number of halogens is 1. The van der Waals surface area contributed by atoms with Crippen LogP contribution in [0.25, 0.3) is 6.08 Å². The quantitative estimate of drug-likeness (QED) is 0.698. The molecular weight excluding hydrogens is 369 g/mol. The fourth-order valence-electron chi connectivity index (χ4n) is 4.24. The summed E-state index contributed by atoms with van der Waals surface area (Å²) in [6.45, 7) is 4.60. The lowest BCUT2D eigenvalue weighted by atomic mass is 10.1. The predicted octanol–water partition coefficient (Wildman–Crippen LogP) is -0.0456. The zero-order valence-corrected chi connectivity index (χ0v) is 16.3. The van der Waals surface area contributed by atoms with Crippen LogP contribution in [-0.2, 0) is 9.59 Å². The number of imide groups is 1. The number of carbonyl (C=O) groups is 2. The maximum Gasteiger partial charge on any atom is 0.292 e. The van der Waals surface area contributed by atoms with Crippen molar-refractivity contribution in [2.24, 2.45) is 0 Å². The first kappa shape index (κ1) is 19.5. The summed E-state index contributed by atoms with van der Waals surface area (Å²) in [5.74, 6) is -0.888. The Morgan fingerprint density at radius 1 is 1.00 bits per heavy atom. The van der Waals surface area contributed by atoms with Crippen LogP contribution in [0, 0.1) is 5.82 Å². The molecule has 6 heteroatoms. The summed E-state index contributed by atoms with van der Waals surface area (Å²) in [5, 5.41) is 0. The normalized spacial score (nSPS) is 25.1. The van der Waals surface area contributed by atoms with Gasteiger partial charge in [-0.2, -0.15) is 0 Å². The van der Waals surface area contributed by atoms with Gasteiger partial charge in [-0.05, 0) is 29.8 Å². The second-order valence-corrected chi connectivity index (χ2v) is 7.73. The van der Waals surface area contributed by atoms with E-state index in [2.05, 4.69) is 24.3 Å². The number of hydrogen-bond acceptors (Lipinski definition) is 2. The number of rotatable bonds is 5. The van der Waals surface area contributed by atoms with Crippen molar-refractivity contribution >= 4 is 23.6 Å². The van der Waals surface area contributed by atoms with Crippen LogP contribution in [0.5, 0.6) is 0 Å². The van der Waals surface area contributed by atoms with Gasteiger partial charge in [0.05, 0.1) is 18.7 Å². The molecule has 0 aromatic heterocycles. The highest BCUT2D eigenvalue weighted by atomic mass is 19.1. The Labute approximate surface area is 170 Å². The van der Waals surface area contributed by atoms with Gasteiger partial charge in [0.2, 0.25) is 5.91 Å². The highest BCUT2D eigenvalue weighted by molar-refractivity contribution is 6.21. The summed E-state index contributed by atoms with van der Waals surface area (Å²) in [4.78, 5) is 29.1. The lowest BCUT2D eigenvalue weighted by molar-refractivity contribution is -1.02. The van der Waals surface area contributed by atoms with Crippen molar-refractivity contribution in [1.29, 1.82) is 0 Å². The first-order valence-electron chi connectivity index (χ1n) is 10.1. The minimum absolute atomic E-state index is 0.202. The Morgan fingerprint density at radius 2 is 1.76 bits per heavy atom. The summed E-state index contributed by atoms with van der Waals surface area (Å²) >= 11 is 0. The average molecular weight is 395 g/mol. The van der Waals surface area contributed by atoms with Crippen molar-refractivity contribution in [1.82, 2.24) is 0 Å². The molecule has 29 heavy (non-hydrogen) atoms. The molecule has 2 aromatic rings. The van der Waals surface area contributed by atoms with Crippen molar-refractivity contribution in [3.05, 3.63) is 72.1 Å². The molecule has 4 rings (SSSR count). The van der Waals surface area contributed by atoms with Crippen LogP contribution < -0.4 is 14.7 Å². The monoisotopic (exact) mass is 395 g/mol. The zero-order chi connectivity index (χ0) is 20.2. The summed E-state index contributed by atoms with van der Waals surface area (Å²) in [5.41, 5.74) is 1.53. The average Bonchev–Trinajstić information content (AvgIpc) is 3.03. The van der Waals surface area contributed by atoms with Crippen LogP contribution in [-0.4, -0.2) is 50.6 Å². The minimum atomic E-state index is -0.445. The summed E-state index contributed by atoms with van der Waals surface area (Å²) < 4.78 is 13.5. The van der Waals surface area contributed by atoms with E-state index in [1.165, 1.54) is 28.7 Å². The van der Waals surface area contributed by atoms with E-state index in [1.807, 2.05) is 18.2 Å². The third kappa shape index (κ3) is 4.44. The Bertz CT molecular complexity index is 907. The molecule has 150 valence electrons. The third-order valence-electron chi connectivity index (χ3n) is 5.82. The van der Waals surface area contributed by atoms with Crippen LogP contribution in [0.15, 0.2) is 60.7 Å². The molecule has 0 spiro atoms. The standard InChI is InChI=1S/C23H24FN3O2/c24-19-9-4-10-20(16-19)27-22(28)17-21(23(27)29)26-14-12-25(13-15-26)11-5-8-18-6-2-1-3-7-18/h1-10,16,21H,11-15,17H2/p+2/b8-5+/t21-/m0/s1. The number of amides is 2. The molecule has 0 radical (unpaired) electrons. The maximum atomic E-state index is 13.5. The van der Waals surface area contributed by atoms with E-state index in [0.717, 1.165) is 42.5 Å². The summed E-state index contributed by atoms with van der Waals surface area (Å²) in [7, 11) is 0. The van der Waals surface area contributed by atoms with Crippen molar-refractivity contribution in [2.75, 3.05) is 37.6 Å². The molecule has 2 aliphatic heterocycles. The smallest absolute Gasteiger partial charge is 0.292 e. The predicted molar refractivity (Wildman–Crippen MR) is 109 cm³/mol. The SMILES string of the molecule is O=C1C[C@H]([NH+]2CC[NH+](C/C=C/c3ccccc3)CC2)C(=O)N1c1cccc(F)c1. The molecule has 0 bridgehead atoms. The number of benzene rings is 2. The van der Waals surface area contributed by atoms with E-state index < -0.39 is 5.82 Å². The van der Waals surface area contributed by atoms with Crippen LogP contribution in [0.1, 0.15) is 12.0 Å². The van der Waals surface area contributed by atoms with Gasteiger partial charge in [0.15, 0.2) is 6.04 Å². The van der Waals surface area contributed by atoms with Gasteiger partial charge in [-0.25, -0.2) is 9.29 Å². The topological polar surface area (TPSA) is 46.3 Å². The number of nitrogens with one attached hydrogen (secondary N) is 2. The molecule has 2 aromatic carbocycles. The van der Waals surface area contributed by atoms with Gasteiger partial charge in [-0.1, -0.05) is 42.5 Å². The van der Waals surface area contributed by atoms with Gasteiger partial charge >= 0.3 is 0 Å². The second-order valence-electron chi connectivity index (χ2n) is 7.73. The van der Waals surface area contributed by atoms with Crippen LogP contribution in [0.3, 0.4) is 0 Å². The molecule has 2 N–H and O–H groups in total. The largest absolute Gasteiger partial charge is 0.322 e. The van der Waals surface area contributed by atoms with E-state index in [0.29, 0.717) is 5.69 Å². The molecule has 5 nitrogen and oxygen atoms in total. The Hall–Kier alpha value is -2.83. The van der Waals surface area contributed by atoms with Crippen LogP contribution in [0.4, 0.5) is 10.1 Å². The van der Waals surface area contributed by atoms with Gasteiger partial charge in [-0.3, -0.25) is 9.59 Å². The Kier molecular flexibility index (Phi) is 5.83. The third-order valence-corrected chi connectivity index (χ3v) is 5.82. The number of anilines is 1. The Morgan fingerprint density at radius 3 is 2.48 bits per heavy atom. The molecule has 0 aliphatic carbocycles.